The summed E-state index contributed by atoms with van der Waals surface area (Å²) in [4.78, 5) is 0. The molecule has 0 aromatic heterocycles. The molecule has 0 rings (SSSR count). The van der Waals surface area contributed by atoms with Crippen molar-refractivity contribution in [2.45, 2.75) is 96.1 Å². The van der Waals surface area contributed by atoms with Crippen molar-refractivity contribution in [1.82, 2.24) is 0 Å². The molecule has 132 valence electrons. The molecule has 0 spiro atoms. The zero-order valence-electron chi connectivity index (χ0n) is 14.9. The van der Waals surface area contributed by atoms with Crippen LogP contribution in [0.25, 0.3) is 0 Å². The monoisotopic (exact) mass is 313 g/mol. The van der Waals surface area contributed by atoms with Gasteiger partial charge in [0.1, 0.15) is 0 Å². The van der Waals surface area contributed by atoms with Crippen LogP contribution in [0.2, 0.25) is 0 Å². The van der Waals surface area contributed by atoms with E-state index >= 15 is 0 Å². The molecule has 0 saturated heterocycles. The summed E-state index contributed by atoms with van der Waals surface area (Å²) < 4.78 is 5.41. The maximum Gasteiger partial charge on any atom is 0.0752 e. The summed E-state index contributed by atoms with van der Waals surface area (Å²) in [6.45, 7) is 2.26. The maximum absolute atomic E-state index is 8.88. The molecule has 0 aromatic carbocycles. The largest absolute Gasteiger partial charge is 0.394 e. The van der Waals surface area contributed by atoms with Crippen LogP contribution < -0.4 is 5.73 Å². The van der Waals surface area contributed by atoms with Crippen molar-refractivity contribution in [3.63, 3.8) is 0 Å². The van der Waals surface area contributed by atoms with Crippen LogP contribution in [0.15, 0.2) is 12.2 Å². The lowest BCUT2D eigenvalue weighted by Gasteiger charge is -2.11. The summed E-state index contributed by atoms with van der Waals surface area (Å²) >= 11 is 0. The fourth-order valence-corrected chi connectivity index (χ4v) is 2.63. The molecule has 0 aliphatic heterocycles. The Morgan fingerprint density at radius 1 is 0.864 bits per heavy atom. The van der Waals surface area contributed by atoms with Gasteiger partial charge in [0.05, 0.1) is 12.7 Å². The average molecular weight is 314 g/mol. The molecule has 2 unspecified atom stereocenters. The Balaban J connectivity index is 3.38. The third kappa shape index (κ3) is 14.6. The summed E-state index contributed by atoms with van der Waals surface area (Å²) in [5.74, 6) is 0. The smallest absolute Gasteiger partial charge is 0.0752 e. The van der Waals surface area contributed by atoms with Crippen molar-refractivity contribution in [2.75, 3.05) is 13.7 Å². The van der Waals surface area contributed by atoms with Gasteiger partial charge in [0.25, 0.3) is 0 Å². The molecular weight excluding hydrogens is 274 g/mol. The maximum atomic E-state index is 8.88. The van der Waals surface area contributed by atoms with E-state index in [-0.39, 0.29) is 18.8 Å². The molecule has 0 heterocycles. The van der Waals surface area contributed by atoms with Crippen molar-refractivity contribution < 1.29 is 9.84 Å². The van der Waals surface area contributed by atoms with E-state index in [1.54, 1.807) is 7.11 Å². The van der Waals surface area contributed by atoms with E-state index in [1.807, 2.05) is 12.2 Å². The van der Waals surface area contributed by atoms with Gasteiger partial charge in [-0.2, -0.15) is 0 Å². The van der Waals surface area contributed by atoms with E-state index in [1.165, 1.54) is 70.6 Å². The van der Waals surface area contributed by atoms with Crippen molar-refractivity contribution >= 4 is 0 Å². The van der Waals surface area contributed by atoms with Gasteiger partial charge in [0.15, 0.2) is 0 Å². The average Bonchev–Trinajstić information content (AvgIpc) is 2.54. The number of hydrogen-bond acceptors (Lipinski definition) is 3. The highest BCUT2D eigenvalue weighted by molar-refractivity contribution is 4.96. The molecule has 0 fully saturated rings. The quantitative estimate of drug-likeness (QED) is 0.324. The second-order valence-electron chi connectivity index (χ2n) is 6.33. The predicted molar refractivity (Wildman–Crippen MR) is 96.1 cm³/mol. The van der Waals surface area contributed by atoms with Gasteiger partial charge in [0.2, 0.25) is 0 Å². The molecule has 0 aliphatic carbocycles. The molecule has 0 radical (unpaired) electrons. The number of nitrogens with two attached hydrogens (primary N) is 1. The van der Waals surface area contributed by atoms with Gasteiger partial charge in [0, 0.05) is 13.2 Å². The zero-order chi connectivity index (χ0) is 16.5. The Morgan fingerprint density at radius 3 is 1.82 bits per heavy atom. The fourth-order valence-electron chi connectivity index (χ4n) is 2.63. The summed E-state index contributed by atoms with van der Waals surface area (Å²) in [6, 6.07) is -0.269. The molecule has 0 aliphatic rings. The summed E-state index contributed by atoms with van der Waals surface area (Å²) in [7, 11) is 1.73. The Bertz CT molecular complexity index is 244. The Kier molecular flexibility index (Phi) is 16.7. The van der Waals surface area contributed by atoms with E-state index in [4.69, 9.17) is 15.6 Å². The van der Waals surface area contributed by atoms with Crippen LogP contribution in [0.4, 0.5) is 0 Å². The standard InChI is InChI=1S/C19H39NO2/c1-3-4-5-6-7-8-9-10-11-12-13-14-19(22-2)16-15-18(20)17-21/h15-16,18-19,21H,3-14,17,20H2,1-2H3/b16-15+. The Morgan fingerprint density at radius 2 is 1.36 bits per heavy atom. The topological polar surface area (TPSA) is 55.5 Å². The van der Waals surface area contributed by atoms with Crippen LogP contribution in [0.1, 0.15) is 84.0 Å². The Labute approximate surface area is 138 Å². The highest BCUT2D eigenvalue weighted by Gasteiger charge is 2.03. The van der Waals surface area contributed by atoms with Gasteiger partial charge in [-0.25, -0.2) is 0 Å². The lowest BCUT2D eigenvalue weighted by Crippen LogP contribution is -2.22. The van der Waals surface area contributed by atoms with Crippen LogP contribution in [0, 0.1) is 0 Å². The van der Waals surface area contributed by atoms with Crippen molar-refractivity contribution in [3.05, 3.63) is 12.2 Å². The van der Waals surface area contributed by atoms with Gasteiger partial charge in [-0.3, -0.25) is 0 Å². The van der Waals surface area contributed by atoms with Crippen LogP contribution in [0.3, 0.4) is 0 Å². The first-order valence-electron chi connectivity index (χ1n) is 9.32. The van der Waals surface area contributed by atoms with Gasteiger partial charge in [-0.1, -0.05) is 89.7 Å². The number of hydrogen-bond donors (Lipinski definition) is 2. The Hall–Kier alpha value is -0.380. The molecule has 0 saturated carbocycles. The number of aliphatic hydroxyl groups excluding tert-OH is 1. The van der Waals surface area contributed by atoms with E-state index in [0.717, 1.165) is 6.42 Å². The number of aliphatic hydroxyl groups is 1. The van der Waals surface area contributed by atoms with E-state index in [9.17, 15) is 0 Å². The van der Waals surface area contributed by atoms with Gasteiger partial charge in [-0.15, -0.1) is 0 Å². The molecule has 2 atom stereocenters. The fraction of sp³-hybridized carbons (Fsp3) is 0.895. The molecule has 3 N–H and O–H groups in total. The summed E-state index contributed by atoms with van der Waals surface area (Å²) in [6.07, 6.45) is 20.0. The third-order valence-corrected chi connectivity index (χ3v) is 4.18. The zero-order valence-corrected chi connectivity index (χ0v) is 14.9. The highest BCUT2D eigenvalue weighted by atomic mass is 16.5. The minimum atomic E-state index is -0.269. The first-order chi connectivity index (χ1) is 10.7. The molecule has 3 nitrogen and oxygen atoms in total. The van der Waals surface area contributed by atoms with Crippen molar-refractivity contribution in [2.24, 2.45) is 5.73 Å². The second kappa shape index (κ2) is 17.0. The van der Waals surface area contributed by atoms with Crippen LogP contribution in [0.5, 0.6) is 0 Å². The molecule has 3 heteroatoms. The molecule has 0 aromatic rings. The minimum absolute atomic E-state index is 0.00855. The van der Waals surface area contributed by atoms with E-state index < -0.39 is 0 Å². The number of methoxy groups -OCH3 is 1. The third-order valence-electron chi connectivity index (χ3n) is 4.18. The summed E-state index contributed by atoms with van der Waals surface area (Å²) in [5.41, 5.74) is 5.64. The first kappa shape index (κ1) is 21.6. The number of unbranched alkanes of at least 4 members (excludes halogenated alkanes) is 10. The van der Waals surface area contributed by atoms with Crippen LogP contribution in [-0.4, -0.2) is 31.0 Å². The van der Waals surface area contributed by atoms with Gasteiger partial charge in [-0.05, 0) is 6.42 Å². The number of ether oxygens (including phenoxy) is 1. The molecule has 0 bridgehead atoms. The second-order valence-corrected chi connectivity index (χ2v) is 6.33. The van der Waals surface area contributed by atoms with Gasteiger partial charge >= 0.3 is 0 Å². The lowest BCUT2D eigenvalue weighted by molar-refractivity contribution is 0.130. The SMILES string of the molecule is CCCCCCCCCCCCCC(/C=C/C(N)CO)OC. The molecule has 22 heavy (non-hydrogen) atoms. The highest BCUT2D eigenvalue weighted by Crippen LogP contribution is 2.13. The molecule has 0 amide bonds. The first-order valence-corrected chi connectivity index (χ1v) is 9.32. The minimum Gasteiger partial charge on any atom is -0.394 e. The van der Waals surface area contributed by atoms with Crippen molar-refractivity contribution in [3.8, 4) is 0 Å². The van der Waals surface area contributed by atoms with Crippen LogP contribution in [-0.2, 0) is 4.74 Å². The van der Waals surface area contributed by atoms with Gasteiger partial charge < -0.3 is 15.6 Å². The number of rotatable bonds is 16. The normalized spacial score (nSPS) is 14.5. The summed E-state index contributed by atoms with van der Waals surface area (Å²) in [5, 5.41) is 8.88. The predicted octanol–water partition coefficient (Wildman–Crippen LogP) is 4.58. The van der Waals surface area contributed by atoms with Crippen molar-refractivity contribution in [1.29, 1.82) is 0 Å². The van der Waals surface area contributed by atoms with Crippen LogP contribution >= 0.6 is 0 Å². The lowest BCUT2D eigenvalue weighted by atomic mass is 10.0. The molecular formula is C19H39NO2. The van der Waals surface area contributed by atoms with E-state index in [2.05, 4.69) is 6.92 Å². The van der Waals surface area contributed by atoms with E-state index in [0.29, 0.717) is 0 Å².